The van der Waals surface area contributed by atoms with Crippen molar-refractivity contribution in [2.24, 2.45) is 0 Å². The standard InChI is InChI=1S/C46H36BN/c1-31-28-32(2)46(33(3)29-31)47(42-23-13-12-22-40(42)43-24-14-15-27-48(43)47)36-25-26-39-41(30-36)45(35-18-8-5-9-19-35)38-21-11-10-20-37(38)44(39)34-16-6-4-7-17-34/h4-30H,1-3H3/t47-/m1/s1. The lowest BCUT2D eigenvalue weighted by molar-refractivity contribution is -0.524. The lowest BCUT2D eigenvalue weighted by Crippen LogP contribution is -2.83. The van der Waals surface area contributed by atoms with Crippen LogP contribution in [-0.2, 0) is 0 Å². The second kappa shape index (κ2) is 10.9. The fourth-order valence-corrected chi connectivity index (χ4v) is 9.21. The summed E-state index contributed by atoms with van der Waals surface area (Å²) in [7, 11) is 0. The van der Waals surface area contributed by atoms with Crippen LogP contribution in [0.15, 0.2) is 164 Å². The van der Waals surface area contributed by atoms with Crippen LogP contribution in [0.4, 0.5) is 0 Å². The van der Waals surface area contributed by atoms with E-state index in [1.165, 1.54) is 88.1 Å². The molecule has 0 N–H and O–H groups in total. The average Bonchev–Trinajstić information content (AvgIpc) is 3.41. The first-order chi connectivity index (χ1) is 23.6. The molecule has 0 spiro atoms. The normalized spacial score (nSPS) is 15.1. The Balaban J connectivity index is 1.49. The zero-order chi connectivity index (χ0) is 32.4. The van der Waals surface area contributed by atoms with Gasteiger partial charge in [-0.3, -0.25) is 0 Å². The van der Waals surface area contributed by atoms with Crippen LogP contribution in [0.25, 0.3) is 55.1 Å². The Morgan fingerprint density at radius 3 is 1.67 bits per heavy atom. The van der Waals surface area contributed by atoms with Gasteiger partial charge in [0.1, 0.15) is 6.20 Å². The fourth-order valence-electron chi connectivity index (χ4n) is 9.21. The fraction of sp³-hybridized carbons (Fsp3) is 0.0652. The number of fused-ring (bicyclic) bond motifs is 5. The van der Waals surface area contributed by atoms with Gasteiger partial charge in [-0.2, -0.15) is 0 Å². The lowest BCUT2D eigenvalue weighted by atomic mass is 9.23. The Morgan fingerprint density at radius 2 is 1.00 bits per heavy atom. The van der Waals surface area contributed by atoms with Gasteiger partial charge in [0.15, 0.2) is 5.69 Å². The monoisotopic (exact) mass is 613 g/mol. The summed E-state index contributed by atoms with van der Waals surface area (Å²) in [5, 5.41) is 5.10. The summed E-state index contributed by atoms with van der Waals surface area (Å²) in [6.07, 6.45) is 0.732. The second-order valence-electron chi connectivity index (χ2n) is 13.5. The van der Waals surface area contributed by atoms with Crippen molar-refractivity contribution in [1.29, 1.82) is 0 Å². The van der Waals surface area contributed by atoms with Gasteiger partial charge in [-0.15, -0.1) is 16.4 Å². The van der Waals surface area contributed by atoms with Gasteiger partial charge in [0.05, 0.1) is 0 Å². The maximum absolute atomic E-state index is 2.60. The first-order valence-corrected chi connectivity index (χ1v) is 17.0. The predicted octanol–water partition coefficient (Wildman–Crippen LogP) is 9.04. The topological polar surface area (TPSA) is 3.88 Å². The van der Waals surface area contributed by atoms with Gasteiger partial charge in [0.2, 0.25) is 0 Å². The maximum atomic E-state index is 2.60. The molecule has 228 valence electrons. The molecule has 0 saturated heterocycles. The van der Waals surface area contributed by atoms with E-state index in [4.69, 9.17) is 0 Å². The van der Waals surface area contributed by atoms with Crippen molar-refractivity contribution in [3.05, 3.63) is 181 Å². The van der Waals surface area contributed by atoms with E-state index in [9.17, 15) is 0 Å². The molecule has 1 aliphatic rings. The van der Waals surface area contributed by atoms with Gasteiger partial charge in [0.25, 0.3) is 0 Å². The highest BCUT2D eigenvalue weighted by molar-refractivity contribution is 7.07. The molecule has 0 saturated carbocycles. The van der Waals surface area contributed by atoms with Crippen LogP contribution >= 0.6 is 0 Å². The summed E-state index contributed by atoms with van der Waals surface area (Å²) in [4.78, 5) is 0. The SMILES string of the molecule is Cc1cc(C)c([B@@-]2(c3ccc4c(-c5ccccc5)c5ccccc5c(-c5ccccc5)c4c3)c3ccccc3-c3cccc[n+]32)c(C)c1. The highest BCUT2D eigenvalue weighted by Crippen LogP contribution is 2.43. The minimum atomic E-state index is -1.58. The smallest absolute Gasteiger partial charge is 0.361 e. The van der Waals surface area contributed by atoms with E-state index in [2.05, 4.69) is 189 Å². The first kappa shape index (κ1) is 28.5. The summed E-state index contributed by atoms with van der Waals surface area (Å²) < 4.78 is 2.60. The summed E-state index contributed by atoms with van der Waals surface area (Å²) in [5.74, 6) is 0. The van der Waals surface area contributed by atoms with Gasteiger partial charge < -0.3 is 4.48 Å². The molecule has 0 radical (unpaired) electrons. The molecular formula is C46H36BN. The molecule has 0 aliphatic carbocycles. The molecule has 48 heavy (non-hydrogen) atoms. The molecule has 1 aromatic heterocycles. The maximum Gasteiger partial charge on any atom is 0.361 e. The van der Waals surface area contributed by atoms with Crippen molar-refractivity contribution in [2.45, 2.75) is 20.8 Å². The van der Waals surface area contributed by atoms with Crippen LogP contribution in [0.3, 0.4) is 0 Å². The summed E-state index contributed by atoms with van der Waals surface area (Å²) in [5.41, 5.74) is 15.7. The van der Waals surface area contributed by atoms with Gasteiger partial charge in [-0.25, -0.2) is 0 Å². The largest absolute Gasteiger partial charge is 0.408 e. The summed E-state index contributed by atoms with van der Waals surface area (Å²) in [6, 6.07) is 58.7. The molecule has 0 fully saturated rings. The van der Waals surface area contributed by atoms with Crippen LogP contribution in [0.1, 0.15) is 16.7 Å². The number of hydrogen-bond donors (Lipinski definition) is 0. The van der Waals surface area contributed by atoms with Crippen molar-refractivity contribution in [3.8, 4) is 33.5 Å². The minimum Gasteiger partial charge on any atom is -0.408 e. The number of aromatic nitrogens is 1. The molecule has 2 heterocycles. The third kappa shape index (κ3) is 4.02. The second-order valence-corrected chi connectivity index (χ2v) is 13.5. The molecule has 0 amide bonds. The summed E-state index contributed by atoms with van der Waals surface area (Å²) >= 11 is 0. The Morgan fingerprint density at radius 1 is 0.458 bits per heavy atom. The summed E-state index contributed by atoms with van der Waals surface area (Å²) in [6.45, 7) is 6.83. The highest BCUT2D eigenvalue weighted by atomic mass is 14.9. The van der Waals surface area contributed by atoms with E-state index in [0.717, 1.165) is 0 Å². The highest BCUT2D eigenvalue weighted by Gasteiger charge is 2.51. The number of rotatable bonds is 4. The molecular weight excluding hydrogens is 577 g/mol. The van der Waals surface area contributed by atoms with Gasteiger partial charge in [0, 0.05) is 11.6 Å². The Bertz CT molecular complexity index is 2460. The first-order valence-electron chi connectivity index (χ1n) is 17.0. The molecule has 7 aromatic carbocycles. The number of nitrogens with zero attached hydrogens (tertiary/aromatic N) is 1. The van der Waals surface area contributed by atoms with Gasteiger partial charge >= 0.3 is 6.28 Å². The van der Waals surface area contributed by atoms with E-state index in [1.54, 1.807) is 0 Å². The minimum absolute atomic E-state index is 1.24. The third-order valence-electron chi connectivity index (χ3n) is 10.8. The third-order valence-corrected chi connectivity index (χ3v) is 10.8. The zero-order valence-corrected chi connectivity index (χ0v) is 27.6. The number of hydrogen-bond acceptors (Lipinski definition) is 0. The van der Waals surface area contributed by atoms with E-state index in [0.29, 0.717) is 0 Å². The van der Waals surface area contributed by atoms with Crippen molar-refractivity contribution < 1.29 is 4.48 Å². The van der Waals surface area contributed by atoms with Crippen molar-refractivity contribution in [3.63, 3.8) is 0 Å². The number of pyridine rings is 1. The van der Waals surface area contributed by atoms with Crippen molar-refractivity contribution in [1.82, 2.24) is 0 Å². The molecule has 2 heteroatoms. The van der Waals surface area contributed by atoms with Crippen molar-refractivity contribution in [2.75, 3.05) is 0 Å². The average molecular weight is 614 g/mol. The zero-order valence-electron chi connectivity index (χ0n) is 27.6. The molecule has 1 atom stereocenters. The predicted molar refractivity (Wildman–Crippen MR) is 205 cm³/mol. The molecule has 1 aliphatic heterocycles. The Labute approximate surface area is 282 Å². The molecule has 0 bridgehead atoms. The Kier molecular flexibility index (Phi) is 6.49. The van der Waals surface area contributed by atoms with E-state index in [1.807, 2.05) is 0 Å². The van der Waals surface area contributed by atoms with E-state index < -0.39 is 6.28 Å². The lowest BCUT2D eigenvalue weighted by Gasteiger charge is -2.36. The molecule has 9 rings (SSSR count). The van der Waals surface area contributed by atoms with Gasteiger partial charge in [-0.1, -0.05) is 162 Å². The molecule has 1 nitrogen and oxygen atoms in total. The van der Waals surface area contributed by atoms with Crippen LogP contribution < -0.4 is 20.9 Å². The van der Waals surface area contributed by atoms with E-state index >= 15 is 0 Å². The van der Waals surface area contributed by atoms with Crippen LogP contribution in [-0.4, -0.2) is 6.28 Å². The number of aryl methyl sites for hydroxylation is 3. The van der Waals surface area contributed by atoms with Gasteiger partial charge in [-0.05, 0) is 70.6 Å². The van der Waals surface area contributed by atoms with Crippen LogP contribution in [0, 0.1) is 20.8 Å². The van der Waals surface area contributed by atoms with Crippen molar-refractivity contribution >= 4 is 44.2 Å². The molecule has 8 aromatic rings. The van der Waals surface area contributed by atoms with E-state index in [-0.39, 0.29) is 0 Å². The Hall–Kier alpha value is -5.73. The number of benzene rings is 7. The quantitative estimate of drug-likeness (QED) is 0.138. The van der Waals surface area contributed by atoms with Crippen LogP contribution in [0.2, 0.25) is 0 Å². The van der Waals surface area contributed by atoms with Crippen LogP contribution in [0.5, 0.6) is 0 Å². The molecule has 0 unspecified atom stereocenters.